The van der Waals surface area contributed by atoms with Gasteiger partial charge in [-0.05, 0) is 17.8 Å². The van der Waals surface area contributed by atoms with Crippen molar-refractivity contribution in [2.45, 2.75) is 15.4 Å². The van der Waals surface area contributed by atoms with E-state index >= 15 is 0 Å². The minimum absolute atomic E-state index is 0.146. The lowest BCUT2D eigenvalue weighted by Crippen LogP contribution is -2.42. The Hall–Kier alpha value is -1.19. The molecule has 0 unspecified atom stereocenters. The third-order valence-electron chi connectivity index (χ3n) is 2.12. The summed E-state index contributed by atoms with van der Waals surface area (Å²) < 4.78 is 113. The average molecular weight is 388 g/mol. The van der Waals surface area contributed by atoms with Crippen LogP contribution in [0, 0.1) is 28.8 Å². The van der Waals surface area contributed by atoms with Gasteiger partial charge in [0.05, 0.1) is 4.90 Å². The number of nitrogens with zero attached hydrogens (tertiary/aromatic N) is 1. The maximum atomic E-state index is 13.4. The van der Waals surface area contributed by atoms with E-state index in [2.05, 4.69) is 10.7 Å². The molecule has 0 N–H and O–H groups in total. The van der Waals surface area contributed by atoms with Gasteiger partial charge in [-0.3, -0.25) is 0 Å². The van der Waals surface area contributed by atoms with E-state index in [0.717, 1.165) is 6.07 Å². The molecule has 0 amide bonds. The molecule has 0 bridgehead atoms. The highest BCUT2D eigenvalue weighted by Gasteiger charge is 2.66. The van der Waals surface area contributed by atoms with Crippen LogP contribution >= 0.6 is 22.4 Å². The number of hydrogen-bond acceptors (Lipinski definition) is 4. The van der Waals surface area contributed by atoms with Crippen LogP contribution in [0.25, 0.3) is 0 Å². The second-order valence-electron chi connectivity index (χ2n) is 3.54. The first-order valence-corrected chi connectivity index (χ1v) is 7.85. The van der Waals surface area contributed by atoms with Gasteiger partial charge >= 0.3 is 19.6 Å². The van der Waals surface area contributed by atoms with Crippen LogP contribution in [0.2, 0.25) is 0 Å². The predicted octanol–water partition coefficient (Wildman–Crippen LogP) is 3.82. The smallest absolute Gasteiger partial charge is 0.206 e. The Morgan fingerprint density at radius 1 is 1.14 bits per heavy atom. The van der Waals surface area contributed by atoms with Crippen LogP contribution < -0.4 is 0 Å². The van der Waals surface area contributed by atoms with Crippen LogP contribution in [0.4, 0.5) is 30.7 Å². The van der Waals surface area contributed by atoms with Crippen LogP contribution in [0.15, 0.2) is 11.0 Å². The molecule has 0 atom stereocenters. The number of alkyl halides is 4. The Morgan fingerprint density at radius 3 is 2.05 bits per heavy atom. The minimum Gasteiger partial charge on any atom is -0.206 e. The van der Waals surface area contributed by atoms with Gasteiger partial charge in [0.25, 0.3) is 0 Å². The van der Waals surface area contributed by atoms with Gasteiger partial charge in [0.1, 0.15) is 17.4 Å². The Morgan fingerprint density at radius 2 is 1.64 bits per heavy atom. The van der Waals surface area contributed by atoms with Crippen molar-refractivity contribution in [3.63, 3.8) is 0 Å². The van der Waals surface area contributed by atoms with Crippen LogP contribution in [-0.4, -0.2) is 18.9 Å². The summed E-state index contributed by atoms with van der Waals surface area (Å²) in [4.78, 5) is -1.67. The zero-order chi connectivity index (χ0) is 17.5. The zero-order valence-corrected chi connectivity index (χ0v) is 12.1. The molecule has 0 aliphatic heterocycles. The van der Waals surface area contributed by atoms with E-state index < -0.39 is 59.2 Å². The number of halogens is 8. The maximum absolute atomic E-state index is 13.4. The number of rotatable bonds is 4. The second-order valence-corrected chi connectivity index (χ2v) is 7.31. The highest BCUT2D eigenvalue weighted by atomic mass is 35.7. The Kier molecular flexibility index (Phi) is 4.96. The summed E-state index contributed by atoms with van der Waals surface area (Å²) in [5.41, 5.74) is -1.46. The molecule has 0 aliphatic carbocycles. The topological polar surface area (TPSA) is 57.9 Å². The van der Waals surface area contributed by atoms with E-state index in [1.165, 1.54) is 0 Å². The normalized spacial score (nSPS) is 13.0. The summed E-state index contributed by atoms with van der Waals surface area (Å²) in [6, 6.07) is 0.751. The van der Waals surface area contributed by atoms with Gasteiger partial charge in [0.15, 0.2) is 11.6 Å². The molecule has 0 aromatic heterocycles. The molecule has 0 spiro atoms. The molecule has 122 valence electrons. The van der Waals surface area contributed by atoms with E-state index in [4.69, 9.17) is 5.26 Å². The van der Waals surface area contributed by atoms with Crippen molar-refractivity contribution in [3.05, 3.63) is 29.1 Å². The van der Waals surface area contributed by atoms with Gasteiger partial charge in [-0.2, -0.15) is 22.8 Å². The van der Waals surface area contributed by atoms with Crippen molar-refractivity contribution in [2.75, 3.05) is 0 Å². The molecule has 22 heavy (non-hydrogen) atoms. The number of nitriles is 1. The lowest BCUT2D eigenvalue weighted by Gasteiger charge is -2.23. The molecule has 0 saturated carbocycles. The first kappa shape index (κ1) is 18.9. The van der Waals surface area contributed by atoms with E-state index in [1.807, 2.05) is 0 Å². The van der Waals surface area contributed by atoms with Crippen molar-refractivity contribution in [3.8, 4) is 6.07 Å². The van der Waals surface area contributed by atoms with E-state index in [1.54, 1.807) is 0 Å². The molecule has 0 radical (unpaired) electrons. The Labute approximate surface area is 127 Å². The number of hydrogen-bond donors (Lipinski definition) is 0. The Balaban J connectivity index is 3.41. The van der Waals surface area contributed by atoms with E-state index in [-0.39, 0.29) is 6.07 Å². The predicted molar refractivity (Wildman–Crippen MR) is 61.6 cm³/mol. The summed E-state index contributed by atoms with van der Waals surface area (Å²) in [7, 11) is -1.95. The summed E-state index contributed by atoms with van der Waals surface area (Å²) in [5.74, 6) is -6.19. The third-order valence-corrected chi connectivity index (χ3v) is 4.73. The molecule has 1 aromatic carbocycles. The van der Waals surface area contributed by atoms with Crippen LogP contribution in [0.1, 0.15) is 5.56 Å². The largest absolute Gasteiger partial charge is 0.431 e. The lowest BCUT2D eigenvalue weighted by molar-refractivity contribution is -0.0887. The number of thioether (sulfide) groups is 1. The van der Waals surface area contributed by atoms with Crippen molar-refractivity contribution >= 4 is 31.5 Å². The quantitative estimate of drug-likeness (QED) is 0.341. The van der Waals surface area contributed by atoms with Crippen molar-refractivity contribution in [2.24, 2.45) is 0 Å². The molecule has 0 heterocycles. The van der Waals surface area contributed by atoms with Gasteiger partial charge in [-0.1, -0.05) is 0 Å². The average Bonchev–Trinajstić information content (AvgIpc) is 2.34. The molecule has 3 nitrogen and oxygen atoms in total. The number of benzene rings is 1. The van der Waals surface area contributed by atoms with Crippen LogP contribution in [0.5, 0.6) is 0 Å². The SMILES string of the molecule is N#Cc1c(F)cc(SC(F)(F)C(F)(F)S(=O)(=O)Cl)c(F)c1F. The molecular weight excluding hydrogens is 387 g/mol. The minimum atomic E-state index is -6.12. The summed E-state index contributed by atoms with van der Waals surface area (Å²) in [6.45, 7) is 0. The highest BCUT2D eigenvalue weighted by molar-refractivity contribution is 8.15. The summed E-state index contributed by atoms with van der Waals surface area (Å²) in [5, 5.41) is -3.07. The zero-order valence-electron chi connectivity index (χ0n) is 9.68. The van der Waals surface area contributed by atoms with Gasteiger partial charge in [-0.25, -0.2) is 21.6 Å². The van der Waals surface area contributed by atoms with Crippen molar-refractivity contribution < 1.29 is 39.2 Å². The first-order chi connectivity index (χ1) is 9.76. The van der Waals surface area contributed by atoms with Gasteiger partial charge in [0.2, 0.25) is 0 Å². The summed E-state index contributed by atoms with van der Waals surface area (Å²) in [6.07, 6.45) is 0. The Bertz CT molecular complexity index is 760. The maximum Gasteiger partial charge on any atom is 0.431 e. The van der Waals surface area contributed by atoms with E-state index in [0.29, 0.717) is 0 Å². The van der Waals surface area contributed by atoms with Crippen LogP contribution in [0.3, 0.4) is 0 Å². The van der Waals surface area contributed by atoms with Crippen LogP contribution in [-0.2, 0) is 9.05 Å². The molecule has 1 rings (SSSR count). The molecule has 0 aliphatic rings. The molecule has 0 fully saturated rings. The van der Waals surface area contributed by atoms with Crippen molar-refractivity contribution in [1.82, 2.24) is 0 Å². The fourth-order valence-electron chi connectivity index (χ4n) is 1.09. The lowest BCUT2D eigenvalue weighted by atomic mass is 10.2. The standard InChI is InChI=1S/C9HClF7NO2S2/c10-22(19,20)9(16,17)8(14,15)21-5-1-4(11)3(2-18)6(12)7(5)13/h1H. The van der Waals surface area contributed by atoms with E-state index in [9.17, 15) is 39.2 Å². The summed E-state index contributed by atoms with van der Waals surface area (Å²) >= 11 is -1.46. The molecule has 13 heteroatoms. The first-order valence-electron chi connectivity index (χ1n) is 4.72. The van der Waals surface area contributed by atoms with Gasteiger partial charge in [-0.15, -0.1) is 0 Å². The third kappa shape index (κ3) is 3.11. The second kappa shape index (κ2) is 5.78. The molecule has 0 saturated heterocycles. The monoisotopic (exact) mass is 387 g/mol. The van der Waals surface area contributed by atoms with Crippen molar-refractivity contribution in [1.29, 1.82) is 5.26 Å². The van der Waals surface area contributed by atoms with Gasteiger partial charge < -0.3 is 0 Å². The fourth-order valence-corrected chi connectivity index (χ4v) is 2.99. The fraction of sp³-hybridized carbons (Fsp3) is 0.222. The van der Waals surface area contributed by atoms with Gasteiger partial charge in [0, 0.05) is 10.7 Å². The molecule has 1 aromatic rings. The molecular formula is C9HClF7NO2S2. The highest BCUT2D eigenvalue weighted by Crippen LogP contribution is 2.51.